The van der Waals surface area contributed by atoms with E-state index < -0.39 is 0 Å². The largest absolute Gasteiger partial charge is 0.465 e. The van der Waals surface area contributed by atoms with Crippen LogP contribution in [0.3, 0.4) is 0 Å². The van der Waals surface area contributed by atoms with Crippen LogP contribution >= 0.6 is 0 Å². The molecule has 0 aromatic heterocycles. The zero-order valence-corrected chi connectivity index (χ0v) is 13.5. The lowest BCUT2D eigenvalue weighted by Gasteiger charge is -2.28. The van der Waals surface area contributed by atoms with Gasteiger partial charge in [0.25, 0.3) is 0 Å². The van der Waals surface area contributed by atoms with Crippen LogP contribution in [0.2, 0.25) is 0 Å². The van der Waals surface area contributed by atoms with Gasteiger partial charge in [-0.3, -0.25) is 4.79 Å². The Labute approximate surface area is 124 Å². The summed E-state index contributed by atoms with van der Waals surface area (Å²) in [6.45, 7) is 6.11. The first-order valence-electron chi connectivity index (χ1n) is 8.29. The number of hydrogen-bond donors (Lipinski definition) is 1. The minimum Gasteiger partial charge on any atom is -0.465 e. The molecule has 0 radical (unpaired) electrons. The Balaban J connectivity index is 2.38. The van der Waals surface area contributed by atoms with Gasteiger partial charge in [-0.25, -0.2) is 0 Å². The number of nitrogens with one attached hydrogen (secondary N) is 1. The van der Waals surface area contributed by atoms with Gasteiger partial charge in [0.15, 0.2) is 0 Å². The van der Waals surface area contributed by atoms with Gasteiger partial charge < -0.3 is 15.0 Å². The molecule has 20 heavy (non-hydrogen) atoms. The average Bonchev–Trinajstić information content (AvgIpc) is 2.72. The molecule has 0 aromatic carbocycles. The van der Waals surface area contributed by atoms with Crippen molar-refractivity contribution >= 4 is 5.97 Å². The van der Waals surface area contributed by atoms with Crippen LogP contribution < -0.4 is 5.32 Å². The fourth-order valence-electron chi connectivity index (χ4n) is 3.01. The molecule has 118 valence electrons. The molecule has 1 fully saturated rings. The first-order valence-corrected chi connectivity index (χ1v) is 8.29. The maximum Gasteiger partial charge on any atom is 0.323 e. The van der Waals surface area contributed by atoms with Crippen molar-refractivity contribution in [1.29, 1.82) is 0 Å². The van der Waals surface area contributed by atoms with Crippen molar-refractivity contribution in [3.63, 3.8) is 0 Å². The van der Waals surface area contributed by atoms with Gasteiger partial charge in [-0.05, 0) is 39.8 Å². The lowest BCUT2D eigenvalue weighted by Crippen LogP contribution is -2.42. The number of ether oxygens (including phenoxy) is 1. The van der Waals surface area contributed by atoms with Crippen LogP contribution in [0.4, 0.5) is 0 Å². The van der Waals surface area contributed by atoms with E-state index in [1.165, 1.54) is 38.5 Å². The highest BCUT2D eigenvalue weighted by Gasteiger charge is 2.21. The molecule has 4 heteroatoms. The number of carbonyl (C=O) groups is 1. The summed E-state index contributed by atoms with van der Waals surface area (Å²) in [5, 5.41) is 3.24. The Kier molecular flexibility index (Phi) is 8.86. The van der Waals surface area contributed by atoms with E-state index >= 15 is 0 Å². The Morgan fingerprint density at radius 3 is 2.45 bits per heavy atom. The first kappa shape index (κ1) is 17.4. The highest BCUT2D eigenvalue weighted by atomic mass is 16.5. The number of carbonyl (C=O) groups excluding carboxylic acids is 1. The molecule has 0 bridgehead atoms. The van der Waals surface area contributed by atoms with Crippen molar-refractivity contribution in [3.05, 3.63) is 0 Å². The van der Waals surface area contributed by atoms with Crippen LogP contribution in [0, 0.1) is 0 Å². The molecule has 1 aliphatic rings. The fraction of sp³-hybridized carbons (Fsp3) is 0.938. The number of likely N-dealkylation sites (N-methyl/N-ethyl adjacent to an activating group) is 1. The highest BCUT2D eigenvalue weighted by molar-refractivity contribution is 5.75. The van der Waals surface area contributed by atoms with Crippen molar-refractivity contribution in [1.82, 2.24) is 10.2 Å². The van der Waals surface area contributed by atoms with E-state index in [0.717, 1.165) is 19.5 Å². The molecule has 1 rings (SSSR count). The quantitative estimate of drug-likeness (QED) is 0.549. The predicted octanol–water partition coefficient (Wildman–Crippen LogP) is 2.57. The summed E-state index contributed by atoms with van der Waals surface area (Å²) in [6, 6.07) is 0.537. The van der Waals surface area contributed by atoms with Crippen LogP contribution in [0.15, 0.2) is 0 Å². The molecule has 1 unspecified atom stereocenters. The van der Waals surface area contributed by atoms with Gasteiger partial charge in [0.1, 0.15) is 6.04 Å². The molecular weight excluding hydrogens is 252 g/mol. The number of esters is 1. The van der Waals surface area contributed by atoms with Gasteiger partial charge >= 0.3 is 5.97 Å². The van der Waals surface area contributed by atoms with Crippen molar-refractivity contribution < 1.29 is 9.53 Å². The molecule has 4 nitrogen and oxygen atoms in total. The standard InChI is InChI=1S/C16H32N2O2/c1-4-17-15(16(19)20-5-2)12-13-18(3)14-10-8-6-7-9-11-14/h14-15,17H,4-13H2,1-3H3. The monoisotopic (exact) mass is 284 g/mol. The van der Waals surface area contributed by atoms with Crippen molar-refractivity contribution in [3.8, 4) is 0 Å². The third-order valence-electron chi connectivity index (χ3n) is 4.24. The molecular formula is C16H32N2O2. The molecule has 0 amide bonds. The van der Waals surface area contributed by atoms with E-state index in [4.69, 9.17) is 4.74 Å². The lowest BCUT2D eigenvalue weighted by molar-refractivity contribution is -0.145. The average molecular weight is 284 g/mol. The minimum atomic E-state index is -0.159. The summed E-state index contributed by atoms with van der Waals surface area (Å²) in [4.78, 5) is 14.3. The predicted molar refractivity (Wildman–Crippen MR) is 82.8 cm³/mol. The molecule has 1 atom stereocenters. The van der Waals surface area contributed by atoms with Crippen molar-refractivity contribution in [2.24, 2.45) is 0 Å². The van der Waals surface area contributed by atoms with Gasteiger partial charge in [0.2, 0.25) is 0 Å². The summed E-state index contributed by atoms with van der Waals surface area (Å²) in [6.07, 6.45) is 8.91. The molecule has 0 spiro atoms. The first-order chi connectivity index (χ1) is 9.69. The second-order valence-corrected chi connectivity index (χ2v) is 5.78. The number of hydrogen-bond acceptors (Lipinski definition) is 4. The van der Waals surface area contributed by atoms with Crippen LogP contribution in [0.5, 0.6) is 0 Å². The Bertz CT molecular complexity index is 263. The third-order valence-corrected chi connectivity index (χ3v) is 4.24. The Morgan fingerprint density at radius 1 is 1.25 bits per heavy atom. The zero-order valence-electron chi connectivity index (χ0n) is 13.5. The van der Waals surface area contributed by atoms with Crippen LogP contribution in [-0.2, 0) is 9.53 Å². The number of nitrogens with zero attached hydrogens (tertiary/aromatic N) is 1. The second kappa shape index (κ2) is 10.2. The van der Waals surface area contributed by atoms with E-state index in [1.54, 1.807) is 0 Å². The summed E-state index contributed by atoms with van der Waals surface area (Å²) < 4.78 is 5.13. The van der Waals surface area contributed by atoms with Crippen LogP contribution in [-0.4, -0.2) is 49.7 Å². The molecule has 1 aliphatic carbocycles. The Morgan fingerprint density at radius 2 is 1.90 bits per heavy atom. The molecule has 1 saturated carbocycles. The van der Waals surface area contributed by atoms with Gasteiger partial charge in [-0.2, -0.15) is 0 Å². The minimum absolute atomic E-state index is 0.108. The molecule has 0 aromatic rings. The van der Waals surface area contributed by atoms with Gasteiger partial charge in [0.05, 0.1) is 6.61 Å². The summed E-state index contributed by atoms with van der Waals surface area (Å²) in [5.74, 6) is -0.108. The molecule has 0 heterocycles. The number of rotatable bonds is 8. The van der Waals surface area contributed by atoms with E-state index in [2.05, 4.69) is 17.3 Å². The second-order valence-electron chi connectivity index (χ2n) is 5.78. The van der Waals surface area contributed by atoms with E-state index in [0.29, 0.717) is 12.6 Å². The SMILES string of the molecule is CCNC(CCN(C)C1CCCCCC1)C(=O)OCC. The zero-order chi connectivity index (χ0) is 14.8. The van der Waals surface area contributed by atoms with Gasteiger partial charge in [-0.1, -0.05) is 32.6 Å². The molecule has 0 aliphatic heterocycles. The maximum absolute atomic E-state index is 11.9. The van der Waals surface area contributed by atoms with Crippen molar-refractivity contribution in [2.45, 2.75) is 70.9 Å². The van der Waals surface area contributed by atoms with E-state index in [-0.39, 0.29) is 12.0 Å². The third kappa shape index (κ3) is 6.23. The van der Waals surface area contributed by atoms with E-state index in [9.17, 15) is 4.79 Å². The van der Waals surface area contributed by atoms with Crippen molar-refractivity contribution in [2.75, 3.05) is 26.7 Å². The lowest BCUT2D eigenvalue weighted by atomic mass is 10.1. The molecule has 1 N–H and O–H groups in total. The summed E-state index contributed by atoms with van der Waals surface area (Å²) in [7, 11) is 2.20. The topological polar surface area (TPSA) is 41.6 Å². The Hall–Kier alpha value is -0.610. The highest BCUT2D eigenvalue weighted by Crippen LogP contribution is 2.21. The summed E-state index contributed by atoms with van der Waals surface area (Å²) >= 11 is 0. The van der Waals surface area contributed by atoms with Crippen LogP contribution in [0.1, 0.15) is 58.8 Å². The maximum atomic E-state index is 11.9. The van der Waals surface area contributed by atoms with E-state index in [1.807, 2.05) is 13.8 Å². The van der Waals surface area contributed by atoms with Gasteiger partial charge in [-0.15, -0.1) is 0 Å². The fourth-order valence-corrected chi connectivity index (χ4v) is 3.01. The molecule has 0 saturated heterocycles. The normalized spacial score (nSPS) is 18.8. The summed E-state index contributed by atoms with van der Waals surface area (Å²) in [5.41, 5.74) is 0. The smallest absolute Gasteiger partial charge is 0.323 e. The van der Waals surface area contributed by atoms with Gasteiger partial charge in [0, 0.05) is 12.6 Å². The van der Waals surface area contributed by atoms with Crippen LogP contribution in [0.25, 0.3) is 0 Å².